The average Bonchev–Trinajstić information content (AvgIpc) is 2.74. The fourth-order valence-electron chi connectivity index (χ4n) is 1.51. The van der Waals surface area contributed by atoms with Gasteiger partial charge >= 0.3 is 6.61 Å². The average molecular weight is 291 g/mol. The zero-order chi connectivity index (χ0) is 13.1. The van der Waals surface area contributed by atoms with Gasteiger partial charge in [-0.05, 0) is 29.1 Å². The molecule has 1 N–H and O–H groups in total. The van der Waals surface area contributed by atoms with Crippen LogP contribution < -0.4 is 4.74 Å². The Morgan fingerprint density at radius 1 is 1.28 bits per heavy atom. The molecule has 2 nitrogen and oxygen atoms in total. The van der Waals surface area contributed by atoms with Crippen molar-refractivity contribution in [2.24, 2.45) is 0 Å². The molecule has 2 rings (SSSR count). The maximum Gasteiger partial charge on any atom is 0.387 e. The maximum atomic E-state index is 12.1. The first-order chi connectivity index (χ1) is 8.58. The van der Waals surface area contributed by atoms with Crippen molar-refractivity contribution in [3.63, 3.8) is 0 Å². The zero-order valence-corrected chi connectivity index (χ0v) is 10.6. The molecule has 6 heteroatoms. The lowest BCUT2D eigenvalue weighted by Gasteiger charge is -2.11. The number of hydrogen-bond donors (Lipinski definition) is 1. The minimum absolute atomic E-state index is 0.00854. The molecule has 0 aliphatic heterocycles. The summed E-state index contributed by atoms with van der Waals surface area (Å²) in [5, 5.41) is 12.3. The van der Waals surface area contributed by atoms with E-state index in [1.807, 2.05) is 0 Å². The van der Waals surface area contributed by atoms with E-state index >= 15 is 0 Å². The first-order valence-corrected chi connectivity index (χ1v) is 6.29. The summed E-state index contributed by atoms with van der Waals surface area (Å²) in [4.78, 5) is 0.575. The fraction of sp³-hybridized carbons (Fsp3) is 0.167. The van der Waals surface area contributed by atoms with E-state index in [1.54, 1.807) is 17.5 Å². The molecule has 0 saturated carbocycles. The zero-order valence-electron chi connectivity index (χ0n) is 9.02. The van der Waals surface area contributed by atoms with Crippen molar-refractivity contribution in [3.05, 3.63) is 51.2 Å². The number of aliphatic hydroxyl groups excluding tert-OH is 1. The van der Waals surface area contributed by atoms with Gasteiger partial charge < -0.3 is 9.84 Å². The highest BCUT2D eigenvalue weighted by molar-refractivity contribution is 7.10. The van der Waals surface area contributed by atoms with E-state index in [4.69, 9.17) is 11.6 Å². The first-order valence-electron chi connectivity index (χ1n) is 5.03. The Bertz CT molecular complexity index is 530. The van der Waals surface area contributed by atoms with Crippen LogP contribution >= 0.6 is 22.9 Å². The monoisotopic (exact) mass is 290 g/mol. The van der Waals surface area contributed by atoms with E-state index in [1.165, 1.54) is 29.5 Å². The summed E-state index contributed by atoms with van der Waals surface area (Å²) in [6, 6.07) is 7.60. The normalized spacial score (nSPS) is 12.7. The van der Waals surface area contributed by atoms with Crippen molar-refractivity contribution in [1.82, 2.24) is 0 Å². The minimum atomic E-state index is -2.89. The lowest BCUT2D eigenvalue weighted by molar-refractivity contribution is -0.0499. The first kappa shape index (κ1) is 13.3. The van der Waals surface area contributed by atoms with Crippen LogP contribution in [0.1, 0.15) is 16.5 Å². The number of halogens is 3. The van der Waals surface area contributed by atoms with Gasteiger partial charge in [0.2, 0.25) is 0 Å². The molecule has 96 valence electrons. The Hall–Kier alpha value is -1.17. The lowest BCUT2D eigenvalue weighted by atomic mass is 10.1. The van der Waals surface area contributed by atoms with Crippen LogP contribution in [0.15, 0.2) is 35.7 Å². The van der Waals surface area contributed by atoms with E-state index in [-0.39, 0.29) is 5.75 Å². The fourth-order valence-corrected chi connectivity index (χ4v) is 2.68. The van der Waals surface area contributed by atoms with Gasteiger partial charge in [0, 0.05) is 0 Å². The third kappa shape index (κ3) is 2.98. The van der Waals surface area contributed by atoms with Gasteiger partial charge in [-0.2, -0.15) is 8.78 Å². The molecule has 0 aliphatic rings. The highest BCUT2D eigenvalue weighted by Gasteiger charge is 2.16. The quantitative estimate of drug-likeness (QED) is 0.919. The van der Waals surface area contributed by atoms with Gasteiger partial charge in [-0.3, -0.25) is 0 Å². The van der Waals surface area contributed by atoms with Crippen LogP contribution in [0.3, 0.4) is 0 Å². The molecular weight excluding hydrogens is 282 g/mol. The summed E-state index contributed by atoms with van der Waals surface area (Å²) in [7, 11) is 0. The van der Waals surface area contributed by atoms with Crippen LogP contribution in [0.4, 0.5) is 8.78 Å². The van der Waals surface area contributed by atoms with E-state index in [9.17, 15) is 13.9 Å². The number of ether oxygens (including phenoxy) is 1. The van der Waals surface area contributed by atoms with Crippen LogP contribution in [0.2, 0.25) is 5.02 Å². The van der Waals surface area contributed by atoms with E-state index in [2.05, 4.69) is 4.74 Å². The molecule has 1 aromatic carbocycles. The molecule has 2 aromatic rings. The number of alkyl halides is 2. The van der Waals surface area contributed by atoms with Gasteiger partial charge in [-0.25, -0.2) is 0 Å². The molecule has 0 spiro atoms. The van der Waals surface area contributed by atoms with Crippen LogP contribution in [-0.2, 0) is 0 Å². The maximum absolute atomic E-state index is 12.1. The van der Waals surface area contributed by atoms with Gasteiger partial charge in [-0.15, -0.1) is 11.3 Å². The second kappa shape index (κ2) is 5.65. The molecule has 0 saturated heterocycles. The summed E-state index contributed by atoms with van der Waals surface area (Å²) in [6.45, 7) is -2.89. The van der Waals surface area contributed by atoms with Gasteiger partial charge in [-0.1, -0.05) is 23.7 Å². The predicted molar refractivity (Wildman–Crippen MR) is 66.5 cm³/mol. The summed E-state index contributed by atoms with van der Waals surface area (Å²) in [5.41, 5.74) is 0.456. The second-order valence-electron chi connectivity index (χ2n) is 3.49. The molecule has 1 heterocycles. The van der Waals surface area contributed by atoms with Crippen molar-refractivity contribution in [3.8, 4) is 5.75 Å². The molecule has 0 radical (unpaired) electrons. The number of hydrogen-bond acceptors (Lipinski definition) is 3. The highest BCUT2D eigenvalue weighted by Crippen LogP contribution is 2.33. The molecule has 0 bridgehead atoms. The third-order valence-electron chi connectivity index (χ3n) is 2.29. The largest absolute Gasteiger partial charge is 0.435 e. The number of benzene rings is 1. The summed E-state index contributed by atoms with van der Waals surface area (Å²) < 4.78 is 28.5. The van der Waals surface area contributed by atoms with Crippen molar-refractivity contribution in [1.29, 1.82) is 0 Å². The Morgan fingerprint density at radius 2 is 2.06 bits per heavy atom. The van der Waals surface area contributed by atoms with Crippen LogP contribution in [-0.4, -0.2) is 11.7 Å². The molecular formula is C12H9ClF2O2S. The number of aliphatic hydroxyl groups is 1. The highest BCUT2D eigenvalue weighted by atomic mass is 35.5. The van der Waals surface area contributed by atoms with Gasteiger partial charge in [0.1, 0.15) is 11.9 Å². The van der Waals surface area contributed by atoms with E-state index < -0.39 is 12.7 Å². The Kier molecular flexibility index (Phi) is 4.16. The Balaban J connectivity index is 2.25. The van der Waals surface area contributed by atoms with E-state index in [0.717, 1.165) is 0 Å². The number of rotatable bonds is 4. The summed E-state index contributed by atoms with van der Waals surface area (Å²) >= 11 is 7.21. The Labute approximate surface area is 111 Å². The SMILES string of the molecule is OC(c1cccc(OC(F)F)c1)c1sccc1Cl. The smallest absolute Gasteiger partial charge is 0.387 e. The van der Waals surface area contributed by atoms with Crippen LogP contribution in [0.25, 0.3) is 0 Å². The van der Waals surface area contributed by atoms with Crippen molar-refractivity contribution in [2.45, 2.75) is 12.7 Å². The molecule has 0 fully saturated rings. The van der Waals surface area contributed by atoms with Crippen molar-refractivity contribution >= 4 is 22.9 Å². The number of thiophene rings is 1. The minimum Gasteiger partial charge on any atom is -0.435 e. The van der Waals surface area contributed by atoms with Crippen molar-refractivity contribution < 1.29 is 18.6 Å². The van der Waals surface area contributed by atoms with Gasteiger partial charge in [0.25, 0.3) is 0 Å². The summed E-state index contributed by atoms with van der Waals surface area (Å²) in [5.74, 6) is 0.00854. The molecule has 0 aliphatic carbocycles. The standard InChI is InChI=1S/C12H9ClF2O2S/c13-9-4-5-18-11(9)10(16)7-2-1-3-8(6-7)17-12(14)15/h1-6,10,12,16H. The molecule has 18 heavy (non-hydrogen) atoms. The molecule has 0 amide bonds. The summed E-state index contributed by atoms with van der Waals surface area (Å²) in [6.07, 6.45) is -0.946. The van der Waals surface area contributed by atoms with Gasteiger partial charge in [0.15, 0.2) is 0 Å². The molecule has 1 unspecified atom stereocenters. The van der Waals surface area contributed by atoms with Gasteiger partial charge in [0.05, 0.1) is 9.90 Å². The Morgan fingerprint density at radius 3 is 2.67 bits per heavy atom. The molecule has 1 atom stereocenters. The topological polar surface area (TPSA) is 29.5 Å². The van der Waals surface area contributed by atoms with Crippen LogP contribution in [0, 0.1) is 0 Å². The second-order valence-corrected chi connectivity index (χ2v) is 4.84. The van der Waals surface area contributed by atoms with E-state index in [0.29, 0.717) is 15.5 Å². The molecule has 1 aromatic heterocycles. The van der Waals surface area contributed by atoms with Crippen LogP contribution in [0.5, 0.6) is 5.75 Å². The lowest BCUT2D eigenvalue weighted by Crippen LogP contribution is -2.03. The third-order valence-corrected chi connectivity index (χ3v) is 3.70. The van der Waals surface area contributed by atoms with Crippen molar-refractivity contribution in [2.75, 3.05) is 0 Å². The predicted octanol–water partition coefficient (Wildman–Crippen LogP) is 4.08.